The lowest BCUT2D eigenvalue weighted by Gasteiger charge is -2.14. The summed E-state index contributed by atoms with van der Waals surface area (Å²) < 4.78 is 0. The molecule has 0 radical (unpaired) electrons. The van der Waals surface area contributed by atoms with Crippen LogP contribution in [0.1, 0.15) is 29.1 Å². The van der Waals surface area contributed by atoms with E-state index in [0.29, 0.717) is 6.54 Å². The molecular formula is C11H20N2OS. The van der Waals surface area contributed by atoms with Crippen LogP contribution in [0.3, 0.4) is 0 Å². The van der Waals surface area contributed by atoms with Gasteiger partial charge in [-0.15, -0.1) is 11.3 Å². The third-order valence-corrected chi connectivity index (χ3v) is 3.68. The predicted octanol–water partition coefficient (Wildman–Crippen LogP) is 1.28. The van der Waals surface area contributed by atoms with Crippen molar-refractivity contribution in [1.29, 1.82) is 0 Å². The molecule has 3 nitrogen and oxygen atoms in total. The van der Waals surface area contributed by atoms with Gasteiger partial charge in [-0.1, -0.05) is 6.92 Å². The van der Waals surface area contributed by atoms with Gasteiger partial charge in [0.05, 0.1) is 6.04 Å². The van der Waals surface area contributed by atoms with Crippen molar-refractivity contribution in [3.05, 3.63) is 21.9 Å². The molecule has 15 heavy (non-hydrogen) atoms. The Kier molecular flexibility index (Phi) is 5.86. The van der Waals surface area contributed by atoms with Gasteiger partial charge in [-0.3, -0.25) is 0 Å². The molecule has 0 aliphatic rings. The van der Waals surface area contributed by atoms with Crippen molar-refractivity contribution >= 4 is 11.3 Å². The first kappa shape index (κ1) is 12.6. The van der Waals surface area contributed by atoms with Gasteiger partial charge >= 0.3 is 0 Å². The Morgan fingerprint density at radius 2 is 2.33 bits per heavy atom. The summed E-state index contributed by atoms with van der Waals surface area (Å²) in [6.07, 6.45) is 1.86. The molecule has 0 saturated carbocycles. The fraction of sp³-hybridized carbons (Fsp3) is 0.636. The quantitative estimate of drug-likeness (QED) is 0.616. The third kappa shape index (κ3) is 3.91. The Balaban J connectivity index is 2.49. The summed E-state index contributed by atoms with van der Waals surface area (Å²) in [7, 11) is 0. The van der Waals surface area contributed by atoms with Crippen LogP contribution >= 0.6 is 11.3 Å². The van der Waals surface area contributed by atoms with Crippen molar-refractivity contribution in [3.8, 4) is 0 Å². The molecule has 0 saturated heterocycles. The fourth-order valence-corrected chi connectivity index (χ4v) is 2.47. The van der Waals surface area contributed by atoms with E-state index in [1.54, 1.807) is 0 Å². The van der Waals surface area contributed by atoms with Gasteiger partial charge in [-0.25, -0.2) is 0 Å². The largest absolute Gasteiger partial charge is 0.396 e. The van der Waals surface area contributed by atoms with Gasteiger partial charge in [0.15, 0.2) is 0 Å². The Hall–Kier alpha value is -0.420. The van der Waals surface area contributed by atoms with Crippen molar-refractivity contribution < 1.29 is 5.11 Å². The van der Waals surface area contributed by atoms with Gasteiger partial charge < -0.3 is 16.2 Å². The second kappa shape index (κ2) is 6.95. The maximum atomic E-state index is 8.70. The molecule has 0 fully saturated rings. The van der Waals surface area contributed by atoms with Crippen molar-refractivity contribution in [2.75, 3.05) is 19.7 Å². The van der Waals surface area contributed by atoms with Crippen molar-refractivity contribution in [2.45, 2.75) is 25.8 Å². The highest BCUT2D eigenvalue weighted by Gasteiger charge is 2.10. The number of nitrogens with two attached hydrogens (primary N) is 1. The van der Waals surface area contributed by atoms with E-state index in [1.165, 1.54) is 9.75 Å². The molecule has 1 rings (SSSR count). The first-order valence-corrected chi connectivity index (χ1v) is 6.26. The molecule has 0 aliphatic carbocycles. The average molecular weight is 228 g/mol. The summed E-state index contributed by atoms with van der Waals surface area (Å²) in [6, 6.07) is 4.55. The molecule has 1 unspecified atom stereocenters. The number of aliphatic hydroxyl groups is 1. The van der Waals surface area contributed by atoms with Crippen LogP contribution in [0.15, 0.2) is 12.1 Å². The highest BCUT2D eigenvalue weighted by Crippen LogP contribution is 2.23. The number of aryl methyl sites for hydroxylation is 1. The molecule has 1 aromatic rings. The van der Waals surface area contributed by atoms with E-state index in [1.807, 2.05) is 11.3 Å². The van der Waals surface area contributed by atoms with Crippen LogP contribution in [-0.4, -0.2) is 24.8 Å². The molecule has 0 aromatic carbocycles. The molecular weight excluding hydrogens is 208 g/mol. The minimum absolute atomic E-state index is 0.231. The maximum absolute atomic E-state index is 8.70. The van der Waals surface area contributed by atoms with Gasteiger partial charge in [-0.2, -0.15) is 0 Å². The normalized spacial score (nSPS) is 13.0. The van der Waals surface area contributed by atoms with E-state index in [0.717, 1.165) is 19.4 Å². The van der Waals surface area contributed by atoms with Crippen LogP contribution in [0.25, 0.3) is 0 Å². The van der Waals surface area contributed by atoms with Crippen LogP contribution in [0.2, 0.25) is 0 Å². The van der Waals surface area contributed by atoms with E-state index >= 15 is 0 Å². The summed E-state index contributed by atoms with van der Waals surface area (Å²) in [5.74, 6) is 0. The zero-order chi connectivity index (χ0) is 11.1. The number of rotatable bonds is 7. The standard InChI is InChI=1S/C11H20N2OS/c1-2-9-4-5-11(15-9)10(8-12)13-6-3-7-14/h4-5,10,13-14H,2-3,6-8,12H2,1H3. The minimum atomic E-state index is 0.231. The average Bonchev–Trinajstić information content (AvgIpc) is 2.73. The lowest BCUT2D eigenvalue weighted by atomic mass is 10.2. The van der Waals surface area contributed by atoms with E-state index < -0.39 is 0 Å². The topological polar surface area (TPSA) is 58.3 Å². The Labute approximate surface area is 95.3 Å². The molecule has 0 spiro atoms. The molecule has 0 aliphatic heterocycles. The van der Waals surface area contributed by atoms with E-state index in [-0.39, 0.29) is 12.6 Å². The van der Waals surface area contributed by atoms with Crippen LogP contribution in [-0.2, 0) is 6.42 Å². The van der Waals surface area contributed by atoms with Crippen LogP contribution < -0.4 is 11.1 Å². The van der Waals surface area contributed by atoms with Gasteiger partial charge in [0.1, 0.15) is 0 Å². The molecule has 86 valence electrons. The Morgan fingerprint density at radius 3 is 2.87 bits per heavy atom. The summed E-state index contributed by atoms with van der Waals surface area (Å²) in [5, 5.41) is 12.0. The highest BCUT2D eigenvalue weighted by molar-refractivity contribution is 7.12. The molecule has 4 heteroatoms. The number of hydrogen-bond donors (Lipinski definition) is 3. The SMILES string of the molecule is CCc1ccc(C(CN)NCCCO)s1. The van der Waals surface area contributed by atoms with Crippen molar-refractivity contribution in [3.63, 3.8) is 0 Å². The zero-order valence-electron chi connectivity index (χ0n) is 9.20. The number of thiophene rings is 1. The molecule has 1 heterocycles. The lowest BCUT2D eigenvalue weighted by molar-refractivity contribution is 0.283. The molecule has 0 bridgehead atoms. The Bertz CT molecular complexity index is 275. The fourth-order valence-electron chi connectivity index (χ4n) is 1.43. The van der Waals surface area contributed by atoms with Gasteiger partial charge in [0, 0.05) is 22.9 Å². The second-order valence-corrected chi connectivity index (χ2v) is 4.68. The second-order valence-electron chi connectivity index (χ2n) is 3.48. The van der Waals surface area contributed by atoms with Gasteiger partial charge in [-0.05, 0) is 31.5 Å². The van der Waals surface area contributed by atoms with Gasteiger partial charge in [0.25, 0.3) is 0 Å². The minimum Gasteiger partial charge on any atom is -0.396 e. The zero-order valence-corrected chi connectivity index (χ0v) is 10.0. The smallest absolute Gasteiger partial charge is 0.0539 e. The number of nitrogens with one attached hydrogen (secondary N) is 1. The predicted molar refractivity (Wildman–Crippen MR) is 65.2 cm³/mol. The van der Waals surface area contributed by atoms with Crippen LogP contribution in [0, 0.1) is 0 Å². The number of aliphatic hydroxyl groups excluding tert-OH is 1. The summed E-state index contributed by atoms with van der Waals surface area (Å²) in [4.78, 5) is 2.69. The van der Waals surface area contributed by atoms with E-state index in [4.69, 9.17) is 10.8 Å². The highest BCUT2D eigenvalue weighted by atomic mass is 32.1. The third-order valence-electron chi connectivity index (χ3n) is 2.34. The van der Waals surface area contributed by atoms with Crippen molar-refractivity contribution in [1.82, 2.24) is 5.32 Å². The van der Waals surface area contributed by atoms with E-state index in [2.05, 4.69) is 24.4 Å². The first-order chi connectivity index (χ1) is 7.31. The summed E-state index contributed by atoms with van der Waals surface area (Å²) in [6.45, 7) is 3.81. The monoisotopic (exact) mass is 228 g/mol. The maximum Gasteiger partial charge on any atom is 0.0539 e. The van der Waals surface area contributed by atoms with Crippen LogP contribution in [0.5, 0.6) is 0 Å². The number of hydrogen-bond acceptors (Lipinski definition) is 4. The van der Waals surface area contributed by atoms with E-state index in [9.17, 15) is 0 Å². The molecule has 4 N–H and O–H groups in total. The van der Waals surface area contributed by atoms with Crippen LogP contribution in [0.4, 0.5) is 0 Å². The van der Waals surface area contributed by atoms with Gasteiger partial charge in [0.2, 0.25) is 0 Å². The lowest BCUT2D eigenvalue weighted by Crippen LogP contribution is -2.28. The Morgan fingerprint density at radius 1 is 1.53 bits per heavy atom. The summed E-state index contributed by atoms with van der Waals surface area (Å²) in [5.41, 5.74) is 5.72. The molecule has 1 atom stereocenters. The molecule has 1 aromatic heterocycles. The molecule has 0 amide bonds. The summed E-state index contributed by atoms with van der Waals surface area (Å²) >= 11 is 1.82. The first-order valence-electron chi connectivity index (χ1n) is 5.44. The van der Waals surface area contributed by atoms with Crippen molar-refractivity contribution in [2.24, 2.45) is 5.73 Å².